The van der Waals surface area contributed by atoms with Gasteiger partial charge in [-0.1, -0.05) is 12.1 Å². The number of rotatable bonds is 2. The third-order valence-electron chi connectivity index (χ3n) is 3.55. The van der Waals surface area contributed by atoms with Crippen LogP contribution < -0.4 is 0 Å². The molecule has 3 rings (SSSR count). The topological polar surface area (TPSA) is 64.4 Å². The molecule has 0 spiro atoms. The van der Waals surface area contributed by atoms with Crippen LogP contribution in [-0.2, 0) is 11.3 Å². The largest absolute Gasteiger partial charge is 0.443 e. The number of carbonyl (C=O) groups excluding carboxylic acids is 1. The average Bonchev–Trinajstić information content (AvgIpc) is 2.92. The summed E-state index contributed by atoms with van der Waals surface area (Å²) in [5.74, 6) is 0. The van der Waals surface area contributed by atoms with E-state index in [0.717, 1.165) is 16.5 Å². The van der Waals surface area contributed by atoms with Crippen LogP contribution in [0.3, 0.4) is 0 Å². The number of nitrogens with zero attached hydrogens (tertiary/aromatic N) is 2. The van der Waals surface area contributed by atoms with Gasteiger partial charge in [0.05, 0.1) is 23.5 Å². The molecular weight excluding hydrogens is 304 g/mol. The summed E-state index contributed by atoms with van der Waals surface area (Å²) in [7, 11) is 0. The molecule has 0 saturated carbocycles. The summed E-state index contributed by atoms with van der Waals surface area (Å²) in [4.78, 5) is 17.1. The molecule has 24 heavy (non-hydrogen) atoms. The molecule has 5 nitrogen and oxygen atoms in total. The summed E-state index contributed by atoms with van der Waals surface area (Å²) < 4.78 is 7.09. The van der Waals surface area contributed by atoms with Gasteiger partial charge in [0.25, 0.3) is 0 Å². The summed E-state index contributed by atoms with van der Waals surface area (Å²) in [5.41, 5.74) is 2.26. The van der Waals surface area contributed by atoms with Crippen LogP contribution in [0.4, 0.5) is 4.79 Å². The predicted molar refractivity (Wildman–Crippen MR) is 92.7 cm³/mol. The van der Waals surface area contributed by atoms with Crippen LogP contribution in [0.15, 0.2) is 48.7 Å². The van der Waals surface area contributed by atoms with E-state index in [1.54, 1.807) is 12.3 Å². The third-order valence-corrected chi connectivity index (χ3v) is 3.55. The average molecular weight is 324 g/mol. The van der Waals surface area contributed by atoms with E-state index in [4.69, 9.17) is 4.74 Å². The minimum atomic E-state index is -0.597. The van der Waals surface area contributed by atoms with E-state index < -0.39 is 11.7 Å². The van der Waals surface area contributed by atoms with Gasteiger partial charge in [-0.05, 0) is 56.7 Å². The van der Waals surface area contributed by atoms with E-state index in [0.29, 0.717) is 11.4 Å². The predicted octanol–water partition coefficient (Wildman–Crippen LogP) is 3.98. The zero-order valence-electron chi connectivity index (χ0n) is 14.0. The Morgan fingerprint density at radius 2 is 2.00 bits per heavy atom. The number of hydrogen-bond donors (Lipinski definition) is 1. The lowest BCUT2D eigenvalue weighted by Gasteiger charge is -2.21. The number of ether oxygens (including phenoxy) is 1. The van der Waals surface area contributed by atoms with Crippen LogP contribution in [0.5, 0.6) is 0 Å². The Bertz CT molecular complexity index is 877. The fourth-order valence-electron chi connectivity index (χ4n) is 2.57. The maximum Gasteiger partial charge on any atom is 0.419 e. The molecule has 0 aliphatic carbocycles. The van der Waals surface area contributed by atoms with Gasteiger partial charge in [0.15, 0.2) is 0 Å². The van der Waals surface area contributed by atoms with Crippen molar-refractivity contribution in [2.45, 2.75) is 33.0 Å². The van der Waals surface area contributed by atoms with Crippen LogP contribution in [-0.4, -0.2) is 26.4 Å². The zero-order valence-corrected chi connectivity index (χ0v) is 14.0. The number of aliphatic hydroxyl groups excluding tert-OH is 1. The van der Waals surface area contributed by atoms with E-state index in [1.807, 2.05) is 57.2 Å². The minimum absolute atomic E-state index is 0.0491. The van der Waals surface area contributed by atoms with Crippen molar-refractivity contribution in [3.8, 4) is 11.4 Å². The number of pyridine rings is 1. The maximum absolute atomic E-state index is 12.7. The van der Waals surface area contributed by atoms with Gasteiger partial charge in [-0.25, -0.2) is 9.36 Å². The molecule has 2 heterocycles. The van der Waals surface area contributed by atoms with Crippen LogP contribution in [0.2, 0.25) is 0 Å². The second-order valence-electron chi connectivity index (χ2n) is 6.61. The first kappa shape index (κ1) is 16.2. The van der Waals surface area contributed by atoms with Gasteiger partial charge in [-0.15, -0.1) is 0 Å². The number of aliphatic hydroxyl groups is 1. The molecule has 124 valence electrons. The summed E-state index contributed by atoms with van der Waals surface area (Å²) in [6.45, 7) is 5.45. The first-order valence-corrected chi connectivity index (χ1v) is 7.79. The van der Waals surface area contributed by atoms with Crippen molar-refractivity contribution in [1.82, 2.24) is 9.55 Å². The highest BCUT2D eigenvalue weighted by Gasteiger charge is 2.23. The van der Waals surface area contributed by atoms with E-state index >= 15 is 0 Å². The SMILES string of the molecule is CC(C)(C)OC(=O)n1c(-c2ccccn2)cc2cc(CO)ccc21. The molecule has 0 saturated heterocycles. The van der Waals surface area contributed by atoms with E-state index in [1.165, 1.54) is 4.57 Å². The maximum atomic E-state index is 12.7. The number of benzene rings is 1. The van der Waals surface area contributed by atoms with Crippen molar-refractivity contribution in [3.63, 3.8) is 0 Å². The van der Waals surface area contributed by atoms with Crippen molar-refractivity contribution in [2.75, 3.05) is 0 Å². The van der Waals surface area contributed by atoms with Crippen LogP contribution >= 0.6 is 0 Å². The van der Waals surface area contributed by atoms with Gasteiger partial charge in [-0.3, -0.25) is 4.98 Å². The summed E-state index contributed by atoms with van der Waals surface area (Å²) in [6, 6.07) is 12.9. The Kier molecular flexibility index (Phi) is 4.11. The molecule has 0 radical (unpaired) electrons. The lowest BCUT2D eigenvalue weighted by molar-refractivity contribution is 0.0547. The van der Waals surface area contributed by atoms with Crippen LogP contribution in [0, 0.1) is 0 Å². The Morgan fingerprint density at radius 3 is 2.62 bits per heavy atom. The summed E-state index contributed by atoms with van der Waals surface area (Å²) >= 11 is 0. The van der Waals surface area contributed by atoms with Crippen molar-refractivity contribution < 1.29 is 14.6 Å². The van der Waals surface area contributed by atoms with Crippen molar-refractivity contribution in [2.24, 2.45) is 0 Å². The zero-order chi connectivity index (χ0) is 17.3. The molecule has 0 fully saturated rings. The van der Waals surface area contributed by atoms with Crippen molar-refractivity contribution >= 4 is 17.0 Å². The number of aromatic nitrogens is 2. The fourth-order valence-corrected chi connectivity index (χ4v) is 2.57. The second-order valence-corrected chi connectivity index (χ2v) is 6.61. The highest BCUT2D eigenvalue weighted by Crippen LogP contribution is 2.29. The highest BCUT2D eigenvalue weighted by atomic mass is 16.6. The molecule has 3 aromatic rings. The smallest absolute Gasteiger partial charge is 0.419 e. The number of fused-ring (bicyclic) bond motifs is 1. The van der Waals surface area contributed by atoms with Gasteiger partial charge in [0, 0.05) is 11.6 Å². The monoisotopic (exact) mass is 324 g/mol. The van der Waals surface area contributed by atoms with Crippen molar-refractivity contribution in [3.05, 3.63) is 54.2 Å². The standard InChI is InChI=1S/C19H20N2O3/c1-19(2,3)24-18(23)21-16-8-7-13(12-22)10-14(16)11-17(21)15-6-4-5-9-20-15/h4-11,22H,12H2,1-3H3. The fraction of sp³-hybridized carbons (Fsp3) is 0.263. The van der Waals surface area contributed by atoms with Gasteiger partial charge in [0.1, 0.15) is 5.60 Å². The molecule has 0 bridgehead atoms. The summed E-state index contributed by atoms with van der Waals surface area (Å²) in [5, 5.41) is 10.2. The lowest BCUT2D eigenvalue weighted by Crippen LogP contribution is -2.27. The first-order valence-electron chi connectivity index (χ1n) is 7.79. The molecule has 5 heteroatoms. The molecule has 0 aliphatic heterocycles. The van der Waals surface area contributed by atoms with Gasteiger partial charge in [-0.2, -0.15) is 0 Å². The van der Waals surface area contributed by atoms with Crippen molar-refractivity contribution in [1.29, 1.82) is 0 Å². The lowest BCUT2D eigenvalue weighted by atomic mass is 10.1. The second kappa shape index (κ2) is 6.09. The minimum Gasteiger partial charge on any atom is -0.443 e. The first-order chi connectivity index (χ1) is 11.4. The van der Waals surface area contributed by atoms with Crippen LogP contribution in [0.25, 0.3) is 22.3 Å². The quantitative estimate of drug-likeness (QED) is 0.774. The Labute approximate surface area is 140 Å². The molecule has 0 unspecified atom stereocenters. The highest BCUT2D eigenvalue weighted by molar-refractivity contribution is 5.96. The van der Waals surface area contributed by atoms with E-state index in [-0.39, 0.29) is 6.61 Å². The summed E-state index contributed by atoms with van der Waals surface area (Å²) in [6.07, 6.45) is 1.24. The van der Waals surface area contributed by atoms with Gasteiger partial charge in [0.2, 0.25) is 0 Å². The molecule has 1 N–H and O–H groups in total. The molecule has 0 atom stereocenters. The van der Waals surface area contributed by atoms with Crippen LogP contribution in [0.1, 0.15) is 26.3 Å². The van der Waals surface area contributed by atoms with E-state index in [2.05, 4.69) is 4.98 Å². The molecular formula is C19H20N2O3. The Balaban J connectivity index is 2.21. The molecule has 1 aromatic carbocycles. The molecule has 0 aliphatic rings. The Hall–Kier alpha value is -2.66. The number of hydrogen-bond acceptors (Lipinski definition) is 4. The van der Waals surface area contributed by atoms with Gasteiger partial charge >= 0.3 is 6.09 Å². The number of carbonyl (C=O) groups is 1. The third kappa shape index (κ3) is 3.16. The van der Waals surface area contributed by atoms with E-state index in [9.17, 15) is 9.90 Å². The van der Waals surface area contributed by atoms with Gasteiger partial charge < -0.3 is 9.84 Å². The molecule has 2 aromatic heterocycles. The normalized spacial score (nSPS) is 11.7. The molecule has 0 amide bonds. The Morgan fingerprint density at radius 1 is 1.21 bits per heavy atom.